The number of likely N-dealkylation sites (tertiary alicyclic amines) is 1. The molecule has 1 heterocycles. The standard InChI is InChI=1S/C21H36N4O5S.2C2H6/c1-15(26)13-16(20(29)22-10-11-23(2)3)24(4)18(27)9-7-6-8-12-31-17-14-19(28)25(5)21(17)30;2*1-2/h16-17H,6-14H2,1-5H3,(H,22,29);2*1-2H3/t16-,17?;;/m0../s1. The first kappa shape index (κ1) is 35.2. The van der Waals surface area contributed by atoms with Gasteiger partial charge in [0.1, 0.15) is 11.8 Å². The van der Waals surface area contributed by atoms with Gasteiger partial charge in [0.2, 0.25) is 23.6 Å². The SMILES string of the molecule is CC.CC.CC(=O)C[C@@H](C(=O)NCCN(C)C)N(C)C(=O)CCCCCSC1CC(=O)N(C)C1=O. The van der Waals surface area contributed by atoms with Gasteiger partial charge in [0.25, 0.3) is 0 Å². The van der Waals surface area contributed by atoms with Gasteiger partial charge in [-0.2, -0.15) is 0 Å². The average molecular weight is 517 g/mol. The number of carbonyl (C=O) groups excluding carboxylic acids is 5. The summed E-state index contributed by atoms with van der Waals surface area (Å²) in [4.78, 5) is 64.5. The first-order valence-corrected chi connectivity index (χ1v) is 13.7. The third-order valence-corrected chi connectivity index (χ3v) is 6.49. The zero-order chi connectivity index (χ0) is 27.6. The fourth-order valence-electron chi connectivity index (χ4n) is 3.18. The van der Waals surface area contributed by atoms with Crippen LogP contribution < -0.4 is 5.32 Å². The number of likely N-dealkylation sites (N-methyl/N-ethyl adjacent to an activating group) is 2. The van der Waals surface area contributed by atoms with E-state index in [1.165, 1.54) is 35.5 Å². The van der Waals surface area contributed by atoms with Gasteiger partial charge in [-0.25, -0.2) is 0 Å². The fourth-order valence-corrected chi connectivity index (χ4v) is 4.40. The number of amides is 4. The van der Waals surface area contributed by atoms with Crippen molar-refractivity contribution in [1.82, 2.24) is 20.0 Å². The highest BCUT2D eigenvalue weighted by atomic mass is 32.2. The van der Waals surface area contributed by atoms with Gasteiger partial charge in [0, 0.05) is 46.4 Å². The molecular formula is C25H48N4O5S. The van der Waals surface area contributed by atoms with Gasteiger partial charge in [-0.1, -0.05) is 34.1 Å². The number of hydrogen-bond acceptors (Lipinski definition) is 7. The molecular weight excluding hydrogens is 468 g/mol. The molecule has 1 aliphatic heterocycles. The van der Waals surface area contributed by atoms with Crippen LogP contribution in [-0.2, 0) is 24.0 Å². The second kappa shape index (κ2) is 20.3. The largest absolute Gasteiger partial charge is 0.353 e. The molecule has 1 aliphatic rings. The third kappa shape index (κ3) is 14.3. The van der Waals surface area contributed by atoms with Crippen molar-refractivity contribution in [3.05, 3.63) is 0 Å². The van der Waals surface area contributed by atoms with Crippen molar-refractivity contribution in [2.24, 2.45) is 0 Å². The van der Waals surface area contributed by atoms with Gasteiger partial charge in [0.05, 0.1) is 5.25 Å². The van der Waals surface area contributed by atoms with E-state index in [2.05, 4.69) is 5.32 Å². The molecule has 0 aromatic rings. The maximum Gasteiger partial charge on any atom is 0.243 e. The lowest BCUT2D eigenvalue weighted by atomic mass is 10.1. The number of nitrogens with one attached hydrogen (secondary N) is 1. The molecule has 1 fully saturated rings. The Morgan fingerprint density at radius 3 is 2.14 bits per heavy atom. The quantitative estimate of drug-likeness (QED) is 0.279. The summed E-state index contributed by atoms with van der Waals surface area (Å²) >= 11 is 1.49. The van der Waals surface area contributed by atoms with Crippen molar-refractivity contribution in [2.45, 2.75) is 84.4 Å². The van der Waals surface area contributed by atoms with Gasteiger partial charge < -0.3 is 15.1 Å². The summed E-state index contributed by atoms with van der Waals surface area (Å²) in [6, 6.07) is -0.800. The number of unbranched alkanes of at least 4 members (excludes halogenated alkanes) is 2. The summed E-state index contributed by atoms with van der Waals surface area (Å²) in [5.41, 5.74) is 0. The highest BCUT2D eigenvalue weighted by Gasteiger charge is 2.35. The second-order valence-electron chi connectivity index (χ2n) is 8.19. The van der Waals surface area contributed by atoms with E-state index in [1.807, 2.05) is 46.7 Å². The van der Waals surface area contributed by atoms with E-state index in [0.717, 1.165) is 18.6 Å². The summed E-state index contributed by atoms with van der Waals surface area (Å²) in [5, 5.41) is 2.50. The molecule has 0 aromatic carbocycles. The van der Waals surface area contributed by atoms with Crippen LogP contribution in [-0.4, -0.2) is 102 Å². The molecule has 35 heavy (non-hydrogen) atoms. The Bertz CT molecular complexity index is 672. The van der Waals surface area contributed by atoms with Gasteiger partial charge in [-0.05, 0) is 39.6 Å². The van der Waals surface area contributed by atoms with E-state index in [9.17, 15) is 24.0 Å². The number of Topliss-reactive ketones (excluding diaryl/α,β-unsaturated/α-hetero) is 1. The van der Waals surface area contributed by atoms with Gasteiger partial charge in [-0.15, -0.1) is 11.8 Å². The van der Waals surface area contributed by atoms with Crippen molar-refractivity contribution in [3.63, 3.8) is 0 Å². The molecule has 0 spiro atoms. The second-order valence-corrected chi connectivity index (χ2v) is 9.50. The van der Waals surface area contributed by atoms with E-state index in [-0.39, 0.29) is 47.5 Å². The molecule has 4 amide bonds. The van der Waals surface area contributed by atoms with Crippen molar-refractivity contribution in [2.75, 3.05) is 47.0 Å². The van der Waals surface area contributed by atoms with E-state index >= 15 is 0 Å². The Morgan fingerprint density at radius 2 is 1.66 bits per heavy atom. The van der Waals surface area contributed by atoms with Crippen LogP contribution in [0.2, 0.25) is 0 Å². The predicted molar refractivity (Wildman–Crippen MR) is 143 cm³/mol. The van der Waals surface area contributed by atoms with Crippen molar-refractivity contribution < 1.29 is 24.0 Å². The minimum absolute atomic E-state index is 0.00470. The third-order valence-electron chi connectivity index (χ3n) is 5.20. The number of ketones is 1. The van der Waals surface area contributed by atoms with E-state index < -0.39 is 6.04 Å². The van der Waals surface area contributed by atoms with Gasteiger partial charge in [0.15, 0.2) is 0 Å². The monoisotopic (exact) mass is 516 g/mol. The average Bonchev–Trinajstić information content (AvgIpc) is 3.07. The smallest absolute Gasteiger partial charge is 0.243 e. The number of nitrogens with zero attached hydrogens (tertiary/aromatic N) is 3. The molecule has 1 unspecified atom stereocenters. The molecule has 0 radical (unpaired) electrons. The van der Waals surface area contributed by atoms with E-state index in [4.69, 9.17) is 0 Å². The minimum Gasteiger partial charge on any atom is -0.353 e. The van der Waals surface area contributed by atoms with E-state index in [1.54, 1.807) is 7.05 Å². The number of hydrogen-bond donors (Lipinski definition) is 1. The summed E-state index contributed by atoms with van der Waals surface area (Å²) in [6.07, 6.45) is 2.86. The van der Waals surface area contributed by atoms with E-state index in [0.29, 0.717) is 25.9 Å². The molecule has 2 atom stereocenters. The lowest BCUT2D eigenvalue weighted by Crippen LogP contribution is -2.49. The van der Waals surface area contributed by atoms with Crippen LogP contribution in [0.1, 0.15) is 73.1 Å². The Morgan fingerprint density at radius 1 is 1.06 bits per heavy atom. The van der Waals surface area contributed by atoms with Crippen LogP contribution >= 0.6 is 11.8 Å². The van der Waals surface area contributed by atoms with Crippen LogP contribution in [0.15, 0.2) is 0 Å². The van der Waals surface area contributed by atoms with Crippen molar-refractivity contribution in [1.29, 1.82) is 0 Å². The first-order valence-electron chi connectivity index (χ1n) is 12.6. The molecule has 1 saturated heterocycles. The molecule has 1 rings (SSSR count). The van der Waals surface area contributed by atoms with Crippen molar-refractivity contribution >= 4 is 41.2 Å². The van der Waals surface area contributed by atoms with Gasteiger partial charge >= 0.3 is 0 Å². The van der Waals surface area contributed by atoms with Crippen LogP contribution in [0.5, 0.6) is 0 Å². The minimum atomic E-state index is -0.800. The zero-order valence-electron chi connectivity index (χ0n) is 23.3. The number of rotatable bonds is 14. The molecule has 0 aromatic heterocycles. The van der Waals surface area contributed by atoms with Gasteiger partial charge in [-0.3, -0.25) is 28.9 Å². The lowest BCUT2D eigenvalue weighted by Gasteiger charge is -2.27. The molecule has 0 bridgehead atoms. The molecule has 9 nitrogen and oxygen atoms in total. The van der Waals surface area contributed by atoms with Crippen LogP contribution in [0.3, 0.4) is 0 Å². The summed E-state index contributed by atoms with van der Waals surface area (Å²) in [7, 11) is 6.87. The zero-order valence-corrected chi connectivity index (χ0v) is 24.1. The van der Waals surface area contributed by atoms with Crippen LogP contribution in [0.4, 0.5) is 0 Å². The topological polar surface area (TPSA) is 107 Å². The summed E-state index contributed by atoms with van der Waals surface area (Å²) in [6.45, 7) is 10.5. The Labute approximate surface area is 216 Å². The highest BCUT2D eigenvalue weighted by Crippen LogP contribution is 2.25. The normalized spacial score (nSPS) is 15.6. The molecule has 10 heteroatoms. The summed E-state index contributed by atoms with van der Waals surface area (Å²) in [5.74, 6) is -0.142. The molecule has 0 saturated carbocycles. The molecule has 0 aliphatic carbocycles. The summed E-state index contributed by atoms with van der Waals surface area (Å²) < 4.78 is 0. The van der Waals surface area contributed by atoms with Crippen LogP contribution in [0, 0.1) is 0 Å². The van der Waals surface area contributed by atoms with Crippen molar-refractivity contribution in [3.8, 4) is 0 Å². The number of carbonyl (C=O) groups is 5. The fraction of sp³-hybridized carbons (Fsp3) is 0.800. The number of thioether (sulfide) groups is 1. The number of imide groups is 1. The van der Waals surface area contributed by atoms with Crippen LogP contribution in [0.25, 0.3) is 0 Å². The lowest BCUT2D eigenvalue weighted by molar-refractivity contribution is -0.140. The first-order chi connectivity index (χ1) is 16.5. The Hall–Kier alpha value is -1.94. The Balaban J connectivity index is 0. The molecule has 1 N–H and O–H groups in total. The molecule has 204 valence electrons. The predicted octanol–water partition coefficient (Wildman–Crippen LogP) is 2.57. The highest BCUT2D eigenvalue weighted by molar-refractivity contribution is 8.00. The Kier molecular flexibility index (Phi) is 20.4. The maximum atomic E-state index is 12.5. The maximum absolute atomic E-state index is 12.5.